The monoisotopic (exact) mass is 402 g/mol. The summed E-state index contributed by atoms with van der Waals surface area (Å²) in [7, 11) is 0. The maximum Gasteiger partial charge on any atom is 0.255 e. The summed E-state index contributed by atoms with van der Waals surface area (Å²) in [5.74, 6) is -0.340. The second kappa shape index (κ2) is 8.99. The number of nitrogens with one attached hydrogen (secondary N) is 2. The molecule has 1 heterocycles. The number of furan rings is 1. The van der Waals surface area contributed by atoms with Gasteiger partial charge in [-0.25, -0.2) is 0 Å². The molecule has 2 amide bonds. The summed E-state index contributed by atoms with van der Waals surface area (Å²) in [5.41, 5.74) is 4.12. The molecule has 1 aliphatic rings. The zero-order valence-electron chi connectivity index (χ0n) is 17.0. The molecule has 154 valence electrons. The fraction of sp³-hybridized carbons (Fsp3) is 0.280. The van der Waals surface area contributed by atoms with Gasteiger partial charge in [0.25, 0.3) is 5.91 Å². The molecule has 0 radical (unpaired) electrons. The van der Waals surface area contributed by atoms with Gasteiger partial charge in [0.15, 0.2) is 0 Å². The molecule has 0 bridgehead atoms. The van der Waals surface area contributed by atoms with Crippen molar-refractivity contribution >= 4 is 11.8 Å². The average molecular weight is 402 g/mol. The van der Waals surface area contributed by atoms with Crippen LogP contribution in [0.3, 0.4) is 0 Å². The average Bonchev–Trinajstić information content (AvgIpc) is 3.33. The molecule has 0 unspecified atom stereocenters. The first kappa shape index (κ1) is 20.0. The van der Waals surface area contributed by atoms with Crippen molar-refractivity contribution in [1.82, 2.24) is 10.6 Å². The highest BCUT2D eigenvalue weighted by atomic mass is 16.3. The number of fused-ring (bicyclic) bond motifs is 1. The van der Waals surface area contributed by atoms with E-state index in [1.807, 2.05) is 18.2 Å². The first-order chi connectivity index (χ1) is 14.6. The van der Waals surface area contributed by atoms with Crippen LogP contribution in [-0.2, 0) is 11.2 Å². The maximum atomic E-state index is 13.0. The van der Waals surface area contributed by atoms with E-state index < -0.39 is 6.04 Å². The van der Waals surface area contributed by atoms with Gasteiger partial charge in [-0.2, -0.15) is 0 Å². The second-order valence-electron chi connectivity index (χ2n) is 7.80. The van der Waals surface area contributed by atoms with Crippen LogP contribution in [0.25, 0.3) is 0 Å². The highest BCUT2D eigenvalue weighted by molar-refractivity contribution is 5.97. The molecule has 5 heteroatoms. The quantitative estimate of drug-likeness (QED) is 0.643. The van der Waals surface area contributed by atoms with Gasteiger partial charge in [0.2, 0.25) is 5.91 Å². The Bertz CT molecular complexity index is 998. The van der Waals surface area contributed by atoms with E-state index in [-0.39, 0.29) is 23.8 Å². The van der Waals surface area contributed by atoms with Crippen molar-refractivity contribution in [2.24, 2.45) is 0 Å². The third-order valence-corrected chi connectivity index (χ3v) is 5.80. The summed E-state index contributed by atoms with van der Waals surface area (Å²) in [4.78, 5) is 25.3. The summed E-state index contributed by atoms with van der Waals surface area (Å²) in [6.07, 6.45) is 5.97. The zero-order chi connectivity index (χ0) is 20.9. The number of hydrogen-bond donors (Lipinski definition) is 2. The van der Waals surface area contributed by atoms with Crippen LogP contribution in [0.1, 0.15) is 58.8 Å². The molecule has 3 aromatic rings. The van der Waals surface area contributed by atoms with Gasteiger partial charge in [-0.1, -0.05) is 54.6 Å². The summed E-state index contributed by atoms with van der Waals surface area (Å²) in [6, 6.07) is 19.3. The number of carbonyl (C=O) groups is 2. The Morgan fingerprint density at radius 3 is 2.53 bits per heavy atom. The van der Waals surface area contributed by atoms with E-state index >= 15 is 0 Å². The van der Waals surface area contributed by atoms with Gasteiger partial charge in [-0.05, 0) is 48.9 Å². The third kappa shape index (κ3) is 4.30. The molecular weight excluding hydrogens is 376 g/mol. The molecular formula is C25H26N2O3. The fourth-order valence-electron chi connectivity index (χ4n) is 4.23. The van der Waals surface area contributed by atoms with E-state index in [1.54, 1.807) is 13.0 Å². The fourth-order valence-corrected chi connectivity index (χ4v) is 4.23. The van der Waals surface area contributed by atoms with Crippen molar-refractivity contribution in [2.45, 2.75) is 44.2 Å². The van der Waals surface area contributed by atoms with Crippen LogP contribution < -0.4 is 10.6 Å². The van der Waals surface area contributed by atoms with Gasteiger partial charge in [-0.15, -0.1) is 0 Å². The minimum atomic E-state index is -0.669. The predicted molar refractivity (Wildman–Crippen MR) is 115 cm³/mol. The van der Waals surface area contributed by atoms with Crippen LogP contribution >= 0.6 is 0 Å². The predicted octanol–water partition coefficient (Wildman–Crippen LogP) is 4.38. The van der Waals surface area contributed by atoms with Gasteiger partial charge < -0.3 is 15.1 Å². The van der Waals surface area contributed by atoms with Gasteiger partial charge in [0, 0.05) is 5.92 Å². The number of carbonyl (C=O) groups excluding carboxylic acids is 2. The molecule has 2 aromatic carbocycles. The minimum absolute atomic E-state index is 0.159. The number of benzene rings is 2. The lowest BCUT2D eigenvalue weighted by atomic mass is 9.76. The molecule has 0 aliphatic heterocycles. The van der Waals surface area contributed by atoms with Gasteiger partial charge in [0.1, 0.15) is 12.3 Å². The normalized spacial score (nSPS) is 17.4. The van der Waals surface area contributed by atoms with Crippen molar-refractivity contribution in [2.75, 3.05) is 0 Å². The lowest BCUT2D eigenvalue weighted by molar-refractivity contribution is -0.123. The lowest BCUT2D eigenvalue weighted by Crippen LogP contribution is -2.47. The van der Waals surface area contributed by atoms with Gasteiger partial charge >= 0.3 is 0 Å². The lowest BCUT2D eigenvalue weighted by Gasteiger charge is -2.34. The van der Waals surface area contributed by atoms with E-state index in [0.29, 0.717) is 5.56 Å². The zero-order valence-corrected chi connectivity index (χ0v) is 17.0. The summed E-state index contributed by atoms with van der Waals surface area (Å²) in [6.45, 7) is 1.70. The second-order valence-corrected chi connectivity index (χ2v) is 7.80. The van der Waals surface area contributed by atoms with Crippen molar-refractivity contribution in [3.05, 3.63) is 95.4 Å². The van der Waals surface area contributed by atoms with Crippen molar-refractivity contribution in [3.8, 4) is 0 Å². The first-order valence-electron chi connectivity index (χ1n) is 10.4. The van der Waals surface area contributed by atoms with E-state index in [4.69, 9.17) is 4.42 Å². The van der Waals surface area contributed by atoms with E-state index in [9.17, 15) is 9.59 Å². The van der Waals surface area contributed by atoms with Crippen molar-refractivity contribution in [1.29, 1.82) is 0 Å². The number of rotatable bonds is 6. The minimum Gasteiger partial charge on any atom is -0.472 e. The number of hydrogen-bond acceptors (Lipinski definition) is 3. The molecule has 0 saturated heterocycles. The van der Waals surface area contributed by atoms with Crippen LogP contribution in [0.5, 0.6) is 0 Å². The Morgan fingerprint density at radius 1 is 1.00 bits per heavy atom. The van der Waals surface area contributed by atoms with Crippen LogP contribution in [0.2, 0.25) is 0 Å². The topological polar surface area (TPSA) is 71.3 Å². The van der Waals surface area contributed by atoms with E-state index in [2.05, 4.69) is 47.0 Å². The highest BCUT2D eigenvalue weighted by Gasteiger charge is 2.31. The van der Waals surface area contributed by atoms with Crippen LogP contribution in [0, 0.1) is 0 Å². The smallest absolute Gasteiger partial charge is 0.255 e. The van der Waals surface area contributed by atoms with E-state index in [0.717, 1.165) is 24.8 Å². The third-order valence-electron chi connectivity index (χ3n) is 5.80. The Kier molecular flexibility index (Phi) is 5.98. The Hall–Kier alpha value is -3.34. The largest absolute Gasteiger partial charge is 0.472 e. The Morgan fingerprint density at radius 2 is 1.77 bits per heavy atom. The highest BCUT2D eigenvalue weighted by Crippen LogP contribution is 2.40. The van der Waals surface area contributed by atoms with Gasteiger partial charge in [-0.3, -0.25) is 9.59 Å². The molecule has 4 rings (SSSR count). The molecule has 0 fully saturated rings. The van der Waals surface area contributed by atoms with Gasteiger partial charge in [0.05, 0.1) is 17.9 Å². The molecule has 0 saturated carbocycles. The summed E-state index contributed by atoms with van der Waals surface area (Å²) < 4.78 is 4.95. The first-order valence-corrected chi connectivity index (χ1v) is 10.4. The number of aryl methyl sites for hydroxylation is 1. The number of amides is 2. The van der Waals surface area contributed by atoms with Crippen molar-refractivity contribution < 1.29 is 14.0 Å². The van der Waals surface area contributed by atoms with Crippen LogP contribution in [0.15, 0.2) is 77.6 Å². The summed E-state index contributed by atoms with van der Waals surface area (Å²) >= 11 is 0. The Balaban J connectivity index is 1.55. The molecule has 30 heavy (non-hydrogen) atoms. The molecule has 3 atom stereocenters. The molecule has 5 nitrogen and oxygen atoms in total. The Labute approximate surface area is 176 Å². The SMILES string of the molecule is C[C@H](NC(=O)c1ccoc1)C(=O)N[C@@H](c1ccccc1)[C@@H]1CCCc2ccccc21. The van der Waals surface area contributed by atoms with Crippen LogP contribution in [-0.4, -0.2) is 17.9 Å². The maximum absolute atomic E-state index is 13.0. The molecule has 1 aliphatic carbocycles. The summed E-state index contributed by atoms with van der Waals surface area (Å²) in [5, 5.41) is 5.97. The van der Waals surface area contributed by atoms with Crippen molar-refractivity contribution in [3.63, 3.8) is 0 Å². The standard InChI is InChI=1S/C25H26N2O3/c1-17(26-25(29)20-14-15-30-16-20)24(28)27-23(19-9-3-2-4-10-19)22-13-7-11-18-8-5-6-12-21(18)22/h2-6,8-10,12,14-17,22-23H,7,11,13H2,1H3,(H,26,29)(H,27,28)/t17-,22+,23-/m0/s1. The van der Waals surface area contributed by atoms with E-state index in [1.165, 1.54) is 23.7 Å². The molecule has 2 N–H and O–H groups in total. The van der Waals surface area contributed by atoms with Crippen LogP contribution in [0.4, 0.5) is 0 Å². The molecule has 0 spiro atoms. The molecule has 1 aromatic heterocycles.